The van der Waals surface area contributed by atoms with Crippen molar-refractivity contribution in [2.75, 3.05) is 0 Å². The number of hydrogen-bond donors (Lipinski definition) is 0. The first-order chi connectivity index (χ1) is 29.0. The highest BCUT2D eigenvalue weighted by atomic mass is 19.1. The lowest BCUT2D eigenvalue weighted by Gasteiger charge is -2.16. The summed E-state index contributed by atoms with van der Waals surface area (Å²) in [7, 11) is 0. The van der Waals surface area contributed by atoms with E-state index in [1.54, 1.807) is 24.3 Å². The molecule has 0 saturated heterocycles. The maximum Gasteiger partial charge on any atom is 0.164 e. The molecule has 280 valence electrons. The Labute approximate surface area is 340 Å². The molecule has 0 radical (unpaired) electrons. The Morgan fingerprint density at radius 3 is 1.25 bits per heavy atom. The summed E-state index contributed by atoms with van der Waals surface area (Å²) in [5, 5.41) is 0. The summed E-state index contributed by atoms with van der Waals surface area (Å²) >= 11 is 0. The molecule has 0 fully saturated rings. The van der Waals surface area contributed by atoms with Crippen LogP contribution in [0.4, 0.5) is 8.78 Å². The third-order valence-electron chi connectivity index (χ3n) is 10.5. The van der Waals surface area contributed by atoms with Gasteiger partial charge < -0.3 is 4.74 Å². The predicted octanol–water partition coefficient (Wildman–Crippen LogP) is 14.1. The van der Waals surface area contributed by atoms with Crippen LogP contribution in [0.1, 0.15) is 11.1 Å². The monoisotopic (exact) mass is 765 g/mol. The van der Waals surface area contributed by atoms with Crippen LogP contribution in [-0.4, -0.2) is 15.0 Å². The number of aromatic nitrogens is 3. The van der Waals surface area contributed by atoms with Crippen LogP contribution >= 0.6 is 0 Å². The molecule has 1 aliphatic rings. The molecule has 0 atom stereocenters. The molecule has 1 aromatic heterocycles. The van der Waals surface area contributed by atoms with E-state index in [0.29, 0.717) is 17.5 Å². The average Bonchev–Trinajstić information content (AvgIpc) is 3.31. The summed E-state index contributed by atoms with van der Waals surface area (Å²) < 4.78 is 34.5. The second-order valence-corrected chi connectivity index (χ2v) is 14.3. The number of ether oxygens (including phenoxy) is 1. The summed E-state index contributed by atoms with van der Waals surface area (Å²) in [5.74, 6) is 2.34. The molecule has 0 saturated carbocycles. The Morgan fingerprint density at radius 1 is 0.305 bits per heavy atom. The van der Waals surface area contributed by atoms with E-state index in [2.05, 4.69) is 48.6 Å². The first kappa shape index (κ1) is 35.6. The summed E-state index contributed by atoms with van der Waals surface area (Å²) in [6, 6.07) is 59.5. The van der Waals surface area contributed by atoms with E-state index >= 15 is 0 Å². The molecule has 0 amide bonds. The van der Waals surface area contributed by atoms with Gasteiger partial charge in [0.1, 0.15) is 23.1 Å². The number of para-hydroxylation sites is 2. The standard InChI is InChI=1S/C53H33F2N3O/c54-43-27-23-34(24-28-43)38-10-7-12-40(31-38)51-56-52(41-13-8-11-39(32-41)35-25-29-44(55)30-26-35)58-53(57-51)42-22-21-37-20-19-36-9-1-2-14-45(36)46-15-3-5-17-49(46)59-50-18-6-4-16-47(50)48(37)33-42/h1-33H/b20-19-. The minimum absolute atomic E-state index is 0.294. The highest BCUT2D eigenvalue weighted by molar-refractivity contribution is 5.90. The van der Waals surface area contributed by atoms with Gasteiger partial charge in [0.25, 0.3) is 0 Å². The van der Waals surface area contributed by atoms with Crippen molar-refractivity contribution in [2.45, 2.75) is 0 Å². The maximum atomic E-state index is 13.9. The van der Waals surface area contributed by atoms with E-state index in [0.717, 1.165) is 83.8 Å². The molecule has 10 rings (SSSR count). The van der Waals surface area contributed by atoms with E-state index in [1.807, 2.05) is 103 Å². The van der Waals surface area contributed by atoms with Crippen molar-refractivity contribution in [3.05, 3.63) is 211 Å². The number of fused-ring (bicyclic) bond motifs is 6. The van der Waals surface area contributed by atoms with Crippen molar-refractivity contribution < 1.29 is 13.5 Å². The zero-order chi connectivity index (χ0) is 39.7. The number of rotatable bonds is 5. The van der Waals surface area contributed by atoms with E-state index in [9.17, 15) is 8.78 Å². The summed E-state index contributed by atoms with van der Waals surface area (Å²) in [6.45, 7) is 0. The zero-order valence-electron chi connectivity index (χ0n) is 31.6. The van der Waals surface area contributed by atoms with Crippen LogP contribution in [0.25, 0.3) is 90.8 Å². The topological polar surface area (TPSA) is 47.9 Å². The van der Waals surface area contributed by atoms with Gasteiger partial charge in [0.05, 0.1) is 0 Å². The number of hydrogen-bond acceptors (Lipinski definition) is 4. The van der Waals surface area contributed by atoms with Crippen molar-refractivity contribution in [1.82, 2.24) is 15.0 Å². The van der Waals surface area contributed by atoms with Gasteiger partial charge in [-0.25, -0.2) is 23.7 Å². The average molecular weight is 766 g/mol. The van der Waals surface area contributed by atoms with Crippen molar-refractivity contribution in [2.24, 2.45) is 0 Å². The Hall–Kier alpha value is -7.83. The largest absolute Gasteiger partial charge is 0.456 e. The smallest absolute Gasteiger partial charge is 0.164 e. The van der Waals surface area contributed by atoms with Gasteiger partial charge in [-0.3, -0.25) is 0 Å². The van der Waals surface area contributed by atoms with Gasteiger partial charge in [0.2, 0.25) is 0 Å². The molecule has 2 heterocycles. The first-order valence-corrected chi connectivity index (χ1v) is 19.3. The number of benzene rings is 8. The Bertz CT molecular complexity index is 2940. The summed E-state index contributed by atoms with van der Waals surface area (Å²) in [6.07, 6.45) is 4.30. The molecule has 59 heavy (non-hydrogen) atoms. The molecule has 0 unspecified atom stereocenters. The molecular formula is C53H33F2N3O. The second kappa shape index (κ2) is 15.3. The fourth-order valence-electron chi connectivity index (χ4n) is 7.54. The van der Waals surface area contributed by atoms with Gasteiger partial charge in [0, 0.05) is 27.8 Å². The molecule has 6 heteroatoms. The third kappa shape index (κ3) is 7.20. The Kier molecular flexibility index (Phi) is 9.20. The van der Waals surface area contributed by atoms with Crippen molar-refractivity contribution in [1.29, 1.82) is 0 Å². The molecule has 4 nitrogen and oxygen atoms in total. The van der Waals surface area contributed by atoms with Crippen LogP contribution in [-0.2, 0) is 0 Å². The van der Waals surface area contributed by atoms with Crippen LogP contribution in [0.3, 0.4) is 0 Å². The summed E-state index contributed by atoms with van der Waals surface area (Å²) in [4.78, 5) is 15.3. The third-order valence-corrected chi connectivity index (χ3v) is 10.5. The van der Waals surface area contributed by atoms with Crippen LogP contribution in [0.5, 0.6) is 11.5 Å². The molecular weight excluding hydrogens is 733 g/mol. The fourth-order valence-corrected chi connectivity index (χ4v) is 7.54. The SMILES string of the molecule is Fc1ccc(-c2cccc(-c3nc(-c4cccc(-c5ccc(F)cc5)c4)nc(-c4ccc5c(c4)-c4ccccc4Oc4ccccc4-c4ccccc4/C=C\5)n3)c2)cc1. The molecule has 9 aromatic rings. The quantitative estimate of drug-likeness (QED) is 0.175. The highest BCUT2D eigenvalue weighted by Crippen LogP contribution is 2.42. The van der Waals surface area contributed by atoms with Crippen molar-refractivity contribution >= 4 is 12.2 Å². The zero-order valence-corrected chi connectivity index (χ0v) is 31.6. The van der Waals surface area contributed by atoms with E-state index < -0.39 is 0 Å². The van der Waals surface area contributed by atoms with Crippen LogP contribution in [0, 0.1) is 11.6 Å². The molecule has 0 N–H and O–H groups in total. The molecule has 0 spiro atoms. The van der Waals surface area contributed by atoms with Gasteiger partial charge in [-0.2, -0.15) is 0 Å². The van der Waals surface area contributed by atoms with Crippen LogP contribution in [0.2, 0.25) is 0 Å². The van der Waals surface area contributed by atoms with Gasteiger partial charge >= 0.3 is 0 Å². The Morgan fingerprint density at radius 2 is 0.712 bits per heavy atom. The van der Waals surface area contributed by atoms with Crippen LogP contribution < -0.4 is 4.74 Å². The maximum absolute atomic E-state index is 13.9. The predicted molar refractivity (Wildman–Crippen MR) is 233 cm³/mol. The number of halogens is 2. The van der Waals surface area contributed by atoms with E-state index in [4.69, 9.17) is 19.7 Å². The lowest BCUT2D eigenvalue weighted by molar-refractivity contribution is 0.486. The summed E-state index contributed by atoms with van der Waals surface area (Å²) in [5.41, 5.74) is 11.9. The number of nitrogens with zero attached hydrogens (tertiary/aromatic N) is 3. The first-order valence-electron chi connectivity index (χ1n) is 19.3. The van der Waals surface area contributed by atoms with E-state index in [-0.39, 0.29) is 11.6 Å². The van der Waals surface area contributed by atoms with E-state index in [1.165, 1.54) is 24.3 Å². The fraction of sp³-hybridized carbons (Fsp3) is 0. The molecule has 1 aliphatic heterocycles. The van der Waals surface area contributed by atoms with Gasteiger partial charge in [-0.1, -0.05) is 146 Å². The normalized spacial score (nSPS) is 12.2. The Balaban J connectivity index is 1.15. The van der Waals surface area contributed by atoms with Gasteiger partial charge in [-0.15, -0.1) is 0 Å². The van der Waals surface area contributed by atoms with Gasteiger partial charge in [0.15, 0.2) is 17.5 Å². The molecule has 0 aliphatic carbocycles. The molecule has 0 bridgehead atoms. The molecule has 8 aromatic carbocycles. The lowest BCUT2D eigenvalue weighted by atomic mass is 9.94. The highest BCUT2D eigenvalue weighted by Gasteiger charge is 2.19. The lowest BCUT2D eigenvalue weighted by Crippen LogP contribution is -2.01. The second-order valence-electron chi connectivity index (χ2n) is 14.3. The van der Waals surface area contributed by atoms with Crippen molar-refractivity contribution in [3.63, 3.8) is 0 Å². The van der Waals surface area contributed by atoms with Gasteiger partial charge in [-0.05, 0) is 99.1 Å². The van der Waals surface area contributed by atoms with Crippen molar-refractivity contribution in [3.8, 4) is 90.2 Å². The minimum Gasteiger partial charge on any atom is -0.456 e. The minimum atomic E-state index is -0.294. The van der Waals surface area contributed by atoms with Crippen LogP contribution in [0.15, 0.2) is 188 Å².